The van der Waals surface area contributed by atoms with Crippen molar-refractivity contribution >= 4 is 51.3 Å². The molecule has 0 saturated carbocycles. The van der Waals surface area contributed by atoms with E-state index in [1.165, 1.54) is 28.0 Å². The Bertz CT molecular complexity index is 1840. The molecule has 0 aliphatic carbocycles. The van der Waals surface area contributed by atoms with E-state index in [1.807, 2.05) is 72.8 Å². The van der Waals surface area contributed by atoms with Crippen molar-refractivity contribution in [2.75, 3.05) is 4.90 Å². The Labute approximate surface area is 251 Å². The highest BCUT2D eigenvalue weighted by Gasteiger charge is 2.49. The summed E-state index contributed by atoms with van der Waals surface area (Å²) in [6.07, 6.45) is 1.77. The molecule has 5 aromatic rings. The molecule has 1 aliphatic rings. The highest BCUT2D eigenvalue weighted by Crippen LogP contribution is 2.44. The Kier molecular flexibility index (Phi) is 7.20. The summed E-state index contributed by atoms with van der Waals surface area (Å²) < 4.78 is 2.40. The summed E-state index contributed by atoms with van der Waals surface area (Å²) in [6, 6.07) is 22.4. The molecule has 8 nitrogen and oxygen atoms in total. The minimum atomic E-state index is -0.896. The second-order valence-corrected chi connectivity index (χ2v) is 13.3. The monoisotopic (exact) mass is 595 g/mol. The number of carbonyl (C=O) groups excluding carboxylic acids is 2. The summed E-state index contributed by atoms with van der Waals surface area (Å²) in [5.41, 5.74) is 4.38. The number of aliphatic hydroxyl groups is 1. The molecule has 1 fully saturated rings. The highest BCUT2D eigenvalue weighted by atomic mass is 32.2. The van der Waals surface area contributed by atoms with Gasteiger partial charge in [-0.2, -0.15) is 0 Å². The Morgan fingerprint density at radius 1 is 0.976 bits per heavy atom. The molecule has 0 bridgehead atoms. The zero-order valence-corrected chi connectivity index (χ0v) is 25.2. The largest absolute Gasteiger partial charge is 0.505 e. The standard InChI is InChI=1S/C32H29N5O3S2/c1-19-25(36-17-9-8-12-23(36)33-19)27(38)24-26(21-13-15-22(16-14-21)32(2,3)4)37(29(40)28(24)39)30-34-35-31(42-30)41-18-20-10-6-5-7-11-20/h5-17,26,38H,18H2,1-4H3/b27-24+. The number of Topliss-reactive ketones (excluding diaryl/α,β-unsaturated/α-hetero) is 1. The fourth-order valence-corrected chi connectivity index (χ4v) is 6.94. The van der Waals surface area contributed by atoms with Crippen molar-refractivity contribution < 1.29 is 14.7 Å². The van der Waals surface area contributed by atoms with Gasteiger partial charge < -0.3 is 5.11 Å². The van der Waals surface area contributed by atoms with Gasteiger partial charge in [-0.15, -0.1) is 10.2 Å². The molecule has 1 saturated heterocycles. The van der Waals surface area contributed by atoms with E-state index in [-0.39, 0.29) is 16.7 Å². The first-order chi connectivity index (χ1) is 20.1. The molecule has 10 heteroatoms. The number of hydrogen-bond acceptors (Lipinski definition) is 8. The van der Waals surface area contributed by atoms with Gasteiger partial charge in [-0.3, -0.25) is 18.9 Å². The van der Waals surface area contributed by atoms with Gasteiger partial charge in [0.2, 0.25) is 5.13 Å². The first-order valence-corrected chi connectivity index (χ1v) is 15.3. The van der Waals surface area contributed by atoms with Gasteiger partial charge in [0.15, 0.2) is 10.1 Å². The number of fused-ring (bicyclic) bond motifs is 1. The average molecular weight is 596 g/mol. The van der Waals surface area contributed by atoms with Gasteiger partial charge in [0, 0.05) is 11.9 Å². The van der Waals surface area contributed by atoms with E-state index < -0.39 is 17.7 Å². The van der Waals surface area contributed by atoms with Crippen LogP contribution in [0.2, 0.25) is 0 Å². The number of benzene rings is 2. The summed E-state index contributed by atoms with van der Waals surface area (Å²) in [5.74, 6) is -1.13. The molecule has 4 heterocycles. The second kappa shape index (κ2) is 10.8. The lowest BCUT2D eigenvalue weighted by atomic mass is 9.85. The fourth-order valence-electron chi connectivity index (χ4n) is 5.11. The number of imidazole rings is 1. The number of aliphatic hydroxyl groups excluding tert-OH is 1. The number of thioether (sulfide) groups is 1. The number of ketones is 1. The Balaban J connectivity index is 1.46. The lowest BCUT2D eigenvalue weighted by Crippen LogP contribution is -2.29. The van der Waals surface area contributed by atoms with Crippen molar-refractivity contribution in [2.24, 2.45) is 0 Å². The van der Waals surface area contributed by atoms with Gasteiger partial charge in [-0.1, -0.05) is 105 Å². The molecule has 1 aliphatic heterocycles. The van der Waals surface area contributed by atoms with Crippen LogP contribution in [0.25, 0.3) is 11.4 Å². The summed E-state index contributed by atoms with van der Waals surface area (Å²) in [5, 5.41) is 20.7. The smallest absolute Gasteiger partial charge is 0.301 e. The van der Waals surface area contributed by atoms with E-state index in [2.05, 4.69) is 36.0 Å². The quantitative estimate of drug-likeness (QED) is 0.0766. The van der Waals surface area contributed by atoms with Gasteiger partial charge in [0.05, 0.1) is 17.3 Å². The van der Waals surface area contributed by atoms with Gasteiger partial charge in [-0.05, 0) is 41.2 Å². The van der Waals surface area contributed by atoms with Crippen LogP contribution in [-0.2, 0) is 20.8 Å². The number of carbonyl (C=O) groups is 2. The number of amides is 1. The Morgan fingerprint density at radius 2 is 1.69 bits per heavy atom. The van der Waals surface area contributed by atoms with Crippen molar-refractivity contribution in [2.45, 2.75) is 49.2 Å². The third kappa shape index (κ3) is 5.01. The molecule has 2 aromatic carbocycles. The Morgan fingerprint density at radius 3 is 2.40 bits per heavy atom. The van der Waals surface area contributed by atoms with Crippen LogP contribution < -0.4 is 4.90 Å². The topological polar surface area (TPSA) is 101 Å². The van der Waals surface area contributed by atoms with Crippen LogP contribution in [0, 0.1) is 6.92 Å². The Hall–Kier alpha value is -4.28. The lowest BCUT2D eigenvalue weighted by molar-refractivity contribution is -0.132. The molecule has 1 atom stereocenters. The van der Waals surface area contributed by atoms with Crippen molar-refractivity contribution in [3.8, 4) is 0 Å². The second-order valence-electron chi connectivity index (χ2n) is 11.1. The maximum atomic E-state index is 13.7. The van der Waals surface area contributed by atoms with Gasteiger partial charge >= 0.3 is 5.91 Å². The van der Waals surface area contributed by atoms with Crippen LogP contribution in [-0.4, -0.2) is 36.4 Å². The lowest BCUT2D eigenvalue weighted by Gasteiger charge is -2.24. The first-order valence-electron chi connectivity index (χ1n) is 13.5. The van der Waals surface area contributed by atoms with E-state index in [4.69, 9.17) is 0 Å². The van der Waals surface area contributed by atoms with Gasteiger partial charge in [0.1, 0.15) is 11.3 Å². The van der Waals surface area contributed by atoms with E-state index in [0.717, 1.165) is 11.1 Å². The summed E-state index contributed by atoms with van der Waals surface area (Å²) in [4.78, 5) is 33.3. The SMILES string of the molecule is Cc1nc2ccccn2c1/C(O)=C1\C(=O)C(=O)N(c2nnc(SCc3ccccc3)s2)C1c1ccc(C(C)(C)C)cc1. The number of pyridine rings is 1. The molecule has 0 radical (unpaired) electrons. The molecule has 3 aromatic heterocycles. The van der Waals surface area contributed by atoms with Crippen LogP contribution in [0.5, 0.6) is 0 Å². The van der Waals surface area contributed by atoms with Crippen LogP contribution in [0.4, 0.5) is 5.13 Å². The summed E-state index contributed by atoms with van der Waals surface area (Å²) in [6.45, 7) is 8.14. The van der Waals surface area contributed by atoms with Crippen molar-refractivity contribution in [1.82, 2.24) is 19.6 Å². The molecule has 1 N–H and O–H groups in total. The molecule has 0 spiro atoms. The first kappa shape index (κ1) is 27.9. The maximum Gasteiger partial charge on any atom is 0.301 e. The summed E-state index contributed by atoms with van der Waals surface area (Å²) >= 11 is 2.76. The fraction of sp³-hybridized carbons (Fsp3) is 0.219. The summed E-state index contributed by atoms with van der Waals surface area (Å²) in [7, 11) is 0. The van der Waals surface area contributed by atoms with E-state index in [0.29, 0.717) is 37.8 Å². The van der Waals surface area contributed by atoms with E-state index in [9.17, 15) is 14.7 Å². The number of rotatable bonds is 6. The molecule has 1 unspecified atom stereocenters. The van der Waals surface area contributed by atoms with Gasteiger partial charge in [0.25, 0.3) is 5.78 Å². The predicted molar refractivity (Wildman–Crippen MR) is 166 cm³/mol. The van der Waals surface area contributed by atoms with Crippen LogP contribution in [0.1, 0.15) is 54.9 Å². The normalized spacial score (nSPS) is 17.0. The minimum absolute atomic E-state index is 0.00838. The average Bonchev–Trinajstić information content (AvgIpc) is 3.65. The van der Waals surface area contributed by atoms with Crippen molar-refractivity contribution in [3.63, 3.8) is 0 Å². The number of aromatic nitrogens is 4. The zero-order valence-electron chi connectivity index (χ0n) is 23.6. The zero-order chi connectivity index (χ0) is 29.6. The maximum absolute atomic E-state index is 13.7. The highest BCUT2D eigenvalue weighted by molar-refractivity contribution is 8.00. The molecule has 6 rings (SSSR count). The molecule has 212 valence electrons. The molecular weight excluding hydrogens is 567 g/mol. The van der Waals surface area contributed by atoms with Crippen molar-refractivity contribution in [1.29, 1.82) is 0 Å². The van der Waals surface area contributed by atoms with Gasteiger partial charge in [-0.25, -0.2) is 4.98 Å². The van der Waals surface area contributed by atoms with Crippen molar-refractivity contribution in [3.05, 3.63) is 113 Å². The number of aryl methyl sites for hydroxylation is 1. The number of anilines is 1. The molecule has 42 heavy (non-hydrogen) atoms. The van der Waals surface area contributed by atoms with E-state index in [1.54, 1.807) is 17.5 Å². The van der Waals surface area contributed by atoms with Crippen LogP contribution >= 0.6 is 23.1 Å². The molecular formula is C32H29N5O3S2. The van der Waals surface area contributed by atoms with Crippen LogP contribution in [0.3, 0.4) is 0 Å². The number of nitrogens with zero attached hydrogens (tertiary/aromatic N) is 5. The molecule has 1 amide bonds. The predicted octanol–water partition coefficient (Wildman–Crippen LogP) is 6.71. The third-order valence-electron chi connectivity index (χ3n) is 7.27. The minimum Gasteiger partial charge on any atom is -0.505 e. The van der Waals surface area contributed by atoms with Crippen LogP contribution in [0.15, 0.2) is 88.9 Å². The van der Waals surface area contributed by atoms with E-state index >= 15 is 0 Å². The number of hydrogen-bond donors (Lipinski definition) is 1. The third-order valence-corrected chi connectivity index (χ3v) is 9.40.